The highest BCUT2D eigenvalue weighted by atomic mass is 16.6. The number of likely N-dealkylation sites (tertiary alicyclic amines) is 1. The Morgan fingerprint density at radius 1 is 0.820 bits per heavy atom. The Morgan fingerprint density at radius 2 is 1.56 bits per heavy atom. The van der Waals surface area contributed by atoms with E-state index in [0.29, 0.717) is 44.2 Å². The number of fused-ring (bicyclic) bond motifs is 1. The molecule has 2 aromatic heterocycles. The van der Waals surface area contributed by atoms with Crippen molar-refractivity contribution >= 4 is 34.8 Å². The van der Waals surface area contributed by atoms with Gasteiger partial charge in [0.25, 0.3) is 5.91 Å². The van der Waals surface area contributed by atoms with Crippen LogP contribution in [0.1, 0.15) is 34.5 Å². The van der Waals surface area contributed by atoms with Crippen LogP contribution in [-0.4, -0.2) is 93.1 Å². The van der Waals surface area contributed by atoms with Gasteiger partial charge in [0.1, 0.15) is 0 Å². The Hall–Kier alpha value is -5.48. The highest BCUT2D eigenvalue weighted by Gasteiger charge is 2.27. The minimum absolute atomic E-state index is 0.0625. The van der Waals surface area contributed by atoms with Crippen LogP contribution in [0.15, 0.2) is 104 Å². The molecule has 0 bridgehead atoms. The number of carbonyl (C=O) groups excluding carboxylic acids is 3. The lowest BCUT2D eigenvalue weighted by Crippen LogP contribution is -2.47. The molecule has 10 heteroatoms. The van der Waals surface area contributed by atoms with E-state index in [2.05, 4.69) is 62.6 Å². The predicted molar refractivity (Wildman–Crippen MR) is 193 cm³/mol. The fraction of sp³-hybridized carbons (Fsp3) is 0.300. The van der Waals surface area contributed by atoms with Gasteiger partial charge in [-0.05, 0) is 53.8 Å². The monoisotopic (exact) mass is 670 g/mol. The Balaban J connectivity index is 1.02. The van der Waals surface area contributed by atoms with E-state index in [4.69, 9.17) is 4.74 Å². The molecule has 0 radical (unpaired) electrons. The zero-order chi connectivity index (χ0) is 34.5. The van der Waals surface area contributed by atoms with Crippen molar-refractivity contribution < 1.29 is 19.1 Å². The lowest BCUT2D eigenvalue weighted by Gasteiger charge is -2.32. The quantitative estimate of drug-likeness (QED) is 0.114. The first kappa shape index (κ1) is 33.0. The van der Waals surface area contributed by atoms with Crippen LogP contribution in [0.2, 0.25) is 0 Å². The van der Waals surface area contributed by atoms with Crippen molar-refractivity contribution in [2.75, 3.05) is 46.3 Å². The maximum atomic E-state index is 14.0. The van der Waals surface area contributed by atoms with Crippen molar-refractivity contribution in [3.8, 4) is 11.1 Å². The number of rotatable bonds is 8. The number of amides is 2. The average Bonchev–Trinajstić information content (AvgIpc) is 3.78. The molecule has 5 aromatic rings. The molecular formula is C40H42N6O4. The van der Waals surface area contributed by atoms with E-state index in [1.54, 1.807) is 11.0 Å². The molecule has 2 saturated heterocycles. The first-order valence-corrected chi connectivity index (χ1v) is 17.3. The second kappa shape index (κ2) is 15.0. The fourth-order valence-corrected chi connectivity index (χ4v) is 6.95. The largest absolute Gasteiger partial charge is 0.417 e. The Bertz CT molecular complexity index is 1990. The van der Waals surface area contributed by atoms with Crippen LogP contribution in [0.25, 0.3) is 28.0 Å². The number of benzene rings is 3. The summed E-state index contributed by atoms with van der Waals surface area (Å²) in [6.45, 7) is 5.51. The van der Waals surface area contributed by atoms with Gasteiger partial charge in [-0.25, -0.2) is 14.6 Å². The summed E-state index contributed by atoms with van der Waals surface area (Å²) in [5.41, 5.74) is 4.60. The number of nitrogens with zero attached hydrogens (tertiary/aromatic N) is 6. The molecule has 2 amide bonds. The summed E-state index contributed by atoms with van der Waals surface area (Å²) >= 11 is 0. The molecule has 10 nitrogen and oxygen atoms in total. The molecule has 0 saturated carbocycles. The number of hydrogen-bond acceptors (Lipinski definition) is 6. The van der Waals surface area contributed by atoms with Crippen LogP contribution in [0, 0.1) is 5.92 Å². The zero-order valence-electron chi connectivity index (χ0n) is 28.4. The molecule has 3 aromatic carbocycles. The van der Waals surface area contributed by atoms with Gasteiger partial charge in [-0.3, -0.25) is 4.79 Å². The SMILES string of the molecule is CN1CCN(C(=O)c2cn(Cc3cncn3CC3CCN(C(=O)OC(=O)/C=C/c4ccccc4)CC3)cc2-c2cccc3ccccc23)CC1. The summed E-state index contributed by atoms with van der Waals surface area (Å²) in [5.74, 6) is -0.274. The van der Waals surface area contributed by atoms with E-state index >= 15 is 0 Å². The number of ether oxygens (including phenoxy) is 1. The molecule has 4 heterocycles. The van der Waals surface area contributed by atoms with Crippen LogP contribution in [0.5, 0.6) is 0 Å². The molecule has 0 N–H and O–H groups in total. The standard InChI is InChI=1S/C40H42N6O4/c1-42-20-22-44(23-21-42)39(48)37-28-43(27-36(37)35-13-7-11-32-10-5-6-12-34(32)35)26-33-24-41-29-46(33)25-31-16-18-45(19-17-31)40(49)50-38(47)15-14-30-8-3-2-4-9-30/h2-15,24,27-29,31H,16-23,25-26H2,1H3/b15-14+. The molecule has 0 aliphatic carbocycles. The Morgan fingerprint density at radius 3 is 2.36 bits per heavy atom. The van der Waals surface area contributed by atoms with E-state index in [9.17, 15) is 14.4 Å². The molecule has 2 aliphatic rings. The van der Waals surface area contributed by atoms with Crippen LogP contribution in [0.4, 0.5) is 4.79 Å². The average molecular weight is 671 g/mol. The third kappa shape index (κ3) is 7.55. The number of piperazine rings is 1. The van der Waals surface area contributed by atoms with Gasteiger partial charge in [-0.1, -0.05) is 72.8 Å². The van der Waals surface area contributed by atoms with Crippen LogP contribution >= 0.6 is 0 Å². The van der Waals surface area contributed by atoms with E-state index in [-0.39, 0.29) is 5.91 Å². The van der Waals surface area contributed by atoms with Gasteiger partial charge < -0.3 is 28.6 Å². The maximum Gasteiger partial charge on any atom is 0.417 e. The maximum absolute atomic E-state index is 14.0. The predicted octanol–water partition coefficient (Wildman–Crippen LogP) is 6.03. The summed E-state index contributed by atoms with van der Waals surface area (Å²) in [6, 6.07) is 24.0. The van der Waals surface area contributed by atoms with Crippen LogP contribution in [0.3, 0.4) is 0 Å². The summed E-state index contributed by atoms with van der Waals surface area (Å²) in [5, 5.41) is 2.26. The van der Waals surface area contributed by atoms with Crippen LogP contribution in [-0.2, 0) is 22.6 Å². The minimum Gasteiger partial charge on any atom is -0.373 e. The summed E-state index contributed by atoms with van der Waals surface area (Å²) < 4.78 is 9.36. The Kier molecular flexibility index (Phi) is 9.89. The van der Waals surface area contributed by atoms with Crippen molar-refractivity contribution in [2.45, 2.75) is 25.9 Å². The number of hydrogen-bond donors (Lipinski definition) is 0. The van der Waals surface area contributed by atoms with Gasteiger partial charge in [-0.2, -0.15) is 0 Å². The molecule has 0 atom stereocenters. The normalized spacial score (nSPS) is 15.9. The molecule has 2 aliphatic heterocycles. The third-order valence-electron chi connectivity index (χ3n) is 9.85. The van der Waals surface area contributed by atoms with Crippen molar-refractivity contribution in [3.05, 3.63) is 121 Å². The van der Waals surface area contributed by atoms with Gasteiger partial charge in [0.15, 0.2) is 0 Å². The number of esters is 1. The van der Waals surface area contributed by atoms with Crippen LogP contribution < -0.4 is 0 Å². The van der Waals surface area contributed by atoms with E-state index in [1.807, 2.05) is 66.1 Å². The number of aromatic nitrogens is 3. The number of piperidine rings is 1. The lowest BCUT2D eigenvalue weighted by molar-refractivity contribution is -0.132. The van der Waals surface area contributed by atoms with Crippen molar-refractivity contribution in [2.24, 2.45) is 5.92 Å². The molecule has 2 fully saturated rings. The minimum atomic E-state index is -0.675. The summed E-state index contributed by atoms with van der Waals surface area (Å²) in [6.07, 6.45) is 11.7. The molecule has 50 heavy (non-hydrogen) atoms. The second-order valence-corrected chi connectivity index (χ2v) is 13.3. The van der Waals surface area contributed by atoms with Gasteiger partial charge in [0.05, 0.1) is 24.1 Å². The molecule has 7 rings (SSSR count). The van der Waals surface area contributed by atoms with E-state index < -0.39 is 12.1 Å². The highest BCUT2D eigenvalue weighted by molar-refractivity contribution is 6.06. The fourth-order valence-electron chi connectivity index (χ4n) is 6.95. The van der Waals surface area contributed by atoms with Crippen molar-refractivity contribution in [1.82, 2.24) is 28.8 Å². The number of likely N-dealkylation sites (N-methyl/N-ethyl adjacent to an activating group) is 1. The summed E-state index contributed by atoms with van der Waals surface area (Å²) in [4.78, 5) is 49.2. The lowest BCUT2D eigenvalue weighted by atomic mass is 9.97. The molecular weight excluding hydrogens is 628 g/mol. The number of carbonyl (C=O) groups is 3. The van der Waals surface area contributed by atoms with Gasteiger partial charge in [0, 0.05) is 76.0 Å². The first-order chi connectivity index (χ1) is 24.4. The van der Waals surface area contributed by atoms with E-state index in [0.717, 1.165) is 65.6 Å². The summed E-state index contributed by atoms with van der Waals surface area (Å²) in [7, 11) is 2.09. The number of imidazole rings is 1. The molecule has 0 unspecified atom stereocenters. The van der Waals surface area contributed by atoms with Crippen molar-refractivity contribution in [3.63, 3.8) is 0 Å². The first-order valence-electron chi connectivity index (χ1n) is 17.3. The molecule has 0 spiro atoms. The third-order valence-corrected chi connectivity index (χ3v) is 9.85. The van der Waals surface area contributed by atoms with Gasteiger partial charge >= 0.3 is 12.1 Å². The second-order valence-electron chi connectivity index (χ2n) is 13.3. The van der Waals surface area contributed by atoms with Gasteiger partial charge in [0.2, 0.25) is 0 Å². The van der Waals surface area contributed by atoms with Gasteiger partial charge in [-0.15, -0.1) is 0 Å². The molecule has 256 valence electrons. The Labute approximate surface area is 292 Å². The smallest absolute Gasteiger partial charge is 0.373 e. The topological polar surface area (TPSA) is 92.9 Å². The zero-order valence-corrected chi connectivity index (χ0v) is 28.4. The van der Waals surface area contributed by atoms with E-state index in [1.165, 1.54) is 6.08 Å². The highest BCUT2D eigenvalue weighted by Crippen LogP contribution is 2.33. The van der Waals surface area contributed by atoms with Crippen molar-refractivity contribution in [1.29, 1.82) is 0 Å².